The summed E-state index contributed by atoms with van der Waals surface area (Å²) in [6.45, 7) is 6.23. The van der Waals surface area contributed by atoms with Crippen LogP contribution in [0.25, 0.3) is 15.9 Å². The molecule has 0 unspecified atom stereocenters. The lowest BCUT2D eigenvalue weighted by Crippen LogP contribution is -2.29. The Hall–Kier alpha value is -1.67. The molecule has 0 N–H and O–H groups in total. The van der Waals surface area contributed by atoms with Gasteiger partial charge in [0.05, 0.1) is 11.1 Å². The molecular weight excluding hydrogens is 390 g/mol. The molecule has 6 nitrogen and oxygen atoms in total. The molecule has 4 heterocycles. The number of nitrogens with zero attached hydrogens (tertiary/aromatic N) is 5. The Morgan fingerprint density at radius 2 is 2.11 bits per heavy atom. The Balaban J connectivity index is 1.54. The topological polar surface area (TPSA) is 63.4 Å². The Labute approximate surface area is 172 Å². The summed E-state index contributed by atoms with van der Waals surface area (Å²) in [6, 6.07) is 0. The number of aromatic nitrogens is 4. The molecule has 1 fully saturated rings. The van der Waals surface area contributed by atoms with Gasteiger partial charge in [-0.3, -0.25) is 9.20 Å². The monoisotopic (exact) mass is 415 g/mol. The van der Waals surface area contributed by atoms with E-state index < -0.39 is 0 Å². The van der Waals surface area contributed by atoms with Crippen LogP contribution in [0.15, 0.2) is 5.16 Å². The quantitative estimate of drug-likeness (QED) is 0.608. The molecule has 0 bridgehead atoms. The lowest BCUT2D eigenvalue weighted by molar-refractivity contribution is -0.127. The second-order valence-electron chi connectivity index (χ2n) is 7.93. The molecule has 8 heteroatoms. The highest BCUT2D eigenvalue weighted by Crippen LogP contribution is 2.39. The summed E-state index contributed by atoms with van der Waals surface area (Å²) in [5, 5.41) is 11.0. The minimum atomic E-state index is 0.202. The second kappa shape index (κ2) is 7.30. The predicted octanol–water partition coefficient (Wildman–Crippen LogP) is 3.74. The Morgan fingerprint density at radius 3 is 2.89 bits per heavy atom. The van der Waals surface area contributed by atoms with Gasteiger partial charge in [0.25, 0.3) is 0 Å². The van der Waals surface area contributed by atoms with Crippen LogP contribution in [0.5, 0.6) is 0 Å². The SMILES string of the molecule is CCc1nc2sc3c(c2c2nnc(SCC(=O)N4CCCC4)n12)CC[C@H](C)C3. The molecule has 0 aromatic carbocycles. The fraction of sp³-hybridized carbons (Fsp3) is 0.600. The largest absolute Gasteiger partial charge is 0.342 e. The number of thiophene rings is 1. The van der Waals surface area contributed by atoms with Crippen molar-refractivity contribution in [1.82, 2.24) is 24.5 Å². The van der Waals surface area contributed by atoms with Crippen LogP contribution < -0.4 is 0 Å². The molecule has 1 aliphatic heterocycles. The van der Waals surface area contributed by atoms with E-state index in [4.69, 9.17) is 4.98 Å². The van der Waals surface area contributed by atoms with E-state index in [-0.39, 0.29) is 5.91 Å². The van der Waals surface area contributed by atoms with E-state index in [0.29, 0.717) is 5.75 Å². The van der Waals surface area contributed by atoms with Crippen molar-refractivity contribution in [3.05, 3.63) is 16.3 Å². The number of rotatable bonds is 4. The molecule has 5 rings (SSSR count). The van der Waals surface area contributed by atoms with Gasteiger partial charge in [0, 0.05) is 24.4 Å². The number of hydrogen-bond donors (Lipinski definition) is 0. The molecule has 28 heavy (non-hydrogen) atoms. The second-order valence-corrected chi connectivity index (χ2v) is 9.96. The average molecular weight is 416 g/mol. The summed E-state index contributed by atoms with van der Waals surface area (Å²) >= 11 is 3.32. The number of amides is 1. The number of aryl methyl sites for hydroxylation is 2. The molecule has 0 spiro atoms. The average Bonchev–Trinajstić information content (AvgIpc) is 3.42. The van der Waals surface area contributed by atoms with Crippen LogP contribution >= 0.6 is 23.1 Å². The number of hydrogen-bond acceptors (Lipinski definition) is 6. The third kappa shape index (κ3) is 3.01. The van der Waals surface area contributed by atoms with Crippen molar-refractivity contribution >= 4 is 44.9 Å². The highest BCUT2D eigenvalue weighted by atomic mass is 32.2. The first-order valence-electron chi connectivity index (χ1n) is 10.2. The van der Waals surface area contributed by atoms with Crippen LogP contribution in [0, 0.1) is 5.92 Å². The van der Waals surface area contributed by atoms with Gasteiger partial charge in [-0.1, -0.05) is 25.6 Å². The van der Waals surface area contributed by atoms with Gasteiger partial charge in [-0.2, -0.15) is 0 Å². The maximum atomic E-state index is 12.5. The van der Waals surface area contributed by atoms with E-state index in [9.17, 15) is 4.79 Å². The van der Waals surface area contributed by atoms with Gasteiger partial charge in [-0.25, -0.2) is 4.98 Å². The number of carbonyl (C=O) groups excluding carboxylic acids is 1. The fourth-order valence-corrected chi connectivity index (χ4v) is 6.64. The third-order valence-corrected chi connectivity index (χ3v) is 8.00. The molecule has 3 aromatic rings. The molecule has 1 saturated heterocycles. The van der Waals surface area contributed by atoms with Crippen LogP contribution in [-0.4, -0.2) is 49.2 Å². The van der Waals surface area contributed by atoms with Crippen molar-refractivity contribution in [1.29, 1.82) is 0 Å². The molecule has 1 atom stereocenters. The first-order chi connectivity index (χ1) is 13.7. The van der Waals surface area contributed by atoms with Crippen LogP contribution in [0.1, 0.15) is 49.4 Å². The zero-order chi connectivity index (χ0) is 19.3. The van der Waals surface area contributed by atoms with Gasteiger partial charge in [0.15, 0.2) is 10.8 Å². The van der Waals surface area contributed by atoms with Gasteiger partial charge in [0.2, 0.25) is 5.91 Å². The molecule has 1 amide bonds. The smallest absolute Gasteiger partial charge is 0.233 e. The summed E-state index contributed by atoms with van der Waals surface area (Å²) < 4.78 is 2.09. The molecule has 0 saturated carbocycles. The van der Waals surface area contributed by atoms with E-state index in [1.54, 1.807) is 0 Å². The predicted molar refractivity (Wildman–Crippen MR) is 113 cm³/mol. The van der Waals surface area contributed by atoms with Crippen molar-refractivity contribution in [2.24, 2.45) is 5.92 Å². The van der Waals surface area contributed by atoms with Crippen molar-refractivity contribution in [3.63, 3.8) is 0 Å². The molecule has 2 aliphatic rings. The number of carbonyl (C=O) groups is 1. The van der Waals surface area contributed by atoms with Crippen LogP contribution in [0.3, 0.4) is 0 Å². The lowest BCUT2D eigenvalue weighted by Gasteiger charge is -2.17. The van der Waals surface area contributed by atoms with E-state index in [1.165, 1.54) is 34.0 Å². The van der Waals surface area contributed by atoms with E-state index in [1.807, 2.05) is 16.2 Å². The highest BCUT2D eigenvalue weighted by Gasteiger charge is 2.26. The normalized spacial score (nSPS) is 19.6. The molecular formula is C20H25N5OS2. The van der Waals surface area contributed by atoms with E-state index >= 15 is 0 Å². The lowest BCUT2D eigenvalue weighted by atomic mass is 9.89. The highest BCUT2D eigenvalue weighted by molar-refractivity contribution is 7.99. The maximum absolute atomic E-state index is 12.5. The summed E-state index contributed by atoms with van der Waals surface area (Å²) in [7, 11) is 0. The Kier molecular flexibility index (Phi) is 4.79. The minimum Gasteiger partial charge on any atom is -0.342 e. The summed E-state index contributed by atoms with van der Waals surface area (Å²) in [5.74, 6) is 2.34. The van der Waals surface area contributed by atoms with Crippen LogP contribution in [0.4, 0.5) is 0 Å². The summed E-state index contributed by atoms with van der Waals surface area (Å²) in [4.78, 5) is 22.0. The standard InChI is InChI=1S/C20H25N5OS2/c1-3-15-21-19-17(13-7-6-12(2)10-14(13)28-19)18-22-23-20(25(15)18)27-11-16(26)24-8-4-5-9-24/h12H,3-11H2,1-2H3/t12-/m0/s1. The van der Waals surface area contributed by atoms with E-state index in [2.05, 4.69) is 28.4 Å². The maximum Gasteiger partial charge on any atom is 0.233 e. The first-order valence-corrected chi connectivity index (χ1v) is 12.0. The zero-order valence-electron chi connectivity index (χ0n) is 16.4. The van der Waals surface area contributed by atoms with Gasteiger partial charge in [-0.15, -0.1) is 21.5 Å². The third-order valence-electron chi connectivity index (χ3n) is 5.94. The molecule has 3 aromatic heterocycles. The Morgan fingerprint density at radius 1 is 1.29 bits per heavy atom. The number of likely N-dealkylation sites (tertiary alicyclic amines) is 1. The summed E-state index contributed by atoms with van der Waals surface area (Å²) in [5.41, 5.74) is 2.35. The van der Waals surface area contributed by atoms with Crippen LogP contribution in [-0.2, 0) is 24.1 Å². The molecule has 0 radical (unpaired) electrons. The van der Waals surface area contributed by atoms with Crippen molar-refractivity contribution in [2.75, 3.05) is 18.8 Å². The molecule has 1 aliphatic carbocycles. The number of thioether (sulfide) groups is 1. The summed E-state index contributed by atoms with van der Waals surface area (Å²) in [6.07, 6.45) is 6.52. The van der Waals surface area contributed by atoms with Crippen molar-refractivity contribution in [2.45, 2.75) is 57.5 Å². The van der Waals surface area contributed by atoms with E-state index in [0.717, 1.165) is 72.6 Å². The van der Waals surface area contributed by atoms with Gasteiger partial charge >= 0.3 is 0 Å². The first kappa shape index (κ1) is 18.4. The van der Waals surface area contributed by atoms with Crippen LogP contribution in [0.2, 0.25) is 0 Å². The fourth-order valence-electron chi connectivity index (χ4n) is 4.39. The van der Waals surface area contributed by atoms with Gasteiger partial charge in [-0.05, 0) is 43.6 Å². The van der Waals surface area contributed by atoms with Crippen molar-refractivity contribution < 1.29 is 4.79 Å². The Bertz CT molecular complexity index is 1050. The van der Waals surface area contributed by atoms with Gasteiger partial charge in [0.1, 0.15) is 10.7 Å². The minimum absolute atomic E-state index is 0.202. The van der Waals surface area contributed by atoms with Crippen molar-refractivity contribution in [3.8, 4) is 0 Å². The zero-order valence-corrected chi connectivity index (χ0v) is 18.0. The number of fused-ring (bicyclic) bond motifs is 5. The van der Waals surface area contributed by atoms with Gasteiger partial charge < -0.3 is 4.90 Å². The molecule has 148 valence electrons.